The van der Waals surface area contributed by atoms with Gasteiger partial charge in [0.05, 0.1) is 11.4 Å². The van der Waals surface area contributed by atoms with E-state index in [-0.39, 0.29) is 17.4 Å². The van der Waals surface area contributed by atoms with E-state index in [1.165, 1.54) is 0 Å². The maximum atomic E-state index is 9.73. The molecule has 2 aromatic carbocycles. The molecule has 3 aromatic rings. The minimum absolute atomic E-state index is 0.129. The van der Waals surface area contributed by atoms with Crippen molar-refractivity contribution < 1.29 is 10.2 Å². The van der Waals surface area contributed by atoms with Gasteiger partial charge < -0.3 is 15.9 Å². The van der Waals surface area contributed by atoms with Gasteiger partial charge in [-0.25, -0.2) is 4.98 Å². The summed E-state index contributed by atoms with van der Waals surface area (Å²) in [6, 6.07) is 15.2. The first-order chi connectivity index (χ1) is 10.6. The Bertz CT molecular complexity index is 699. The molecule has 3 rings (SSSR count). The maximum Gasteiger partial charge on any atom is 0.221 e. The Labute approximate surface area is 127 Å². The summed E-state index contributed by atoms with van der Waals surface area (Å²) in [4.78, 5) is 9.86. The summed E-state index contributed by atoms with van der Waals surface area (Å²) in [6.07, 6.45) is 1.55. The van der Waals surface area contributed by atoms with Gasteiger partial charge in [0.1, 0.15) is 17.3 Å². The number of nitrogens with zero attached hydrogens (tertiary/aromatic N) is 3. The maximum absolute atomic E-state index is 9.73. The Morgan fingerprint density at radius 1 is 0.864 bits per heavy atom. The van der Waals surface area contributed by atoms with Crippen LogP contribution in [0.25, 0.3) is 0 Å². The van der Waals surface area contributed by atoms with Crippen LogP contribution in [0.3, 0.4) is 0 Å². The van der Waals surface area contributed by atoms with E-state index in [9.17, 15) is 10.2 Å². The van der Waals surface area contributed by atoms with Crippen molar-refractivity contribution >= 4 is 23.1 Å². The first kappa shape index (κ1) is 13.7. The molecule has 0 atom stereocenters. The van der Waals surface area contributed by atoms with Crippen molar-refractivity contribution in [2.24, 2.45) is 0 Å². The molecule has 0 bridgehead atoms. The predicted molar refractivity (Wildman–Crippen MR) is 84.5 cm³/mol. The van der Waals surface area contributed by atoms with Crippen molar-refractivity contribution in [3.63, 3.8) is 0 Å². The van der Waals surface area contributed by atoms with E-state index in [2.05, 4.69) is 9.97 Å². The number of nitrogens with two attached hydrogens (primary N) is 1. The molecule has 0 aliphatic rings. The molecule has 0 unspecified atom stereocenters. The number of phenolic OH excluding ortho intramolecular Hbond substituents is 2. The Morgan fingerprint density at radius 2 is 1.45 bits per heavy atom. The van der Waals surface area contributed by atoms with Gasteiger partial charge in [-0.05, 0) is 30.3 Å². The molecule has 4 N–H and O–H groups in total. The highest BCUT2D eigenvalue weighted by atomic mass is 16.3. The number of phenols is 2. The van der Waals surface area contributed by atoms with E-state index in [1.807, 2.05) is 12.1 Å². The highest BCUT2D eigenvalue weighted by Crippen LogP contribution is 2.35. The molecule has 0 saturated heterocycles. The van der Waals surface area contributed by atoms with Crippen molar-refractivity contribution in [3.05, 3.63) is 60.8 Å². The van der Waals surface area contributed by atoms with Gasteiger partial charge in [-0.3, -0.25) is 4.90 Å². The molecule has 110 valence electrons. The van der Waals surface area contributed by atoms with Crippen LogP contribution < -0.4 is 10.6 Å². The number of aromatic nitrogens is 2. The number of rotatable bonds is 3. The Morgan fingerprint density at radius 3 is 1.95 bits per heavy atom. The van der Waals surface area contributed by atoms with Gasteiger partial charge in [0.2, 0.25) is 5.95 Å². The van der Waals surface area contributed by atoms with Gasteiger partial charge in [-0.15, -0.1) is 0 Å². The second kappa shape index (κ2) is 5.61. The molecule has 0 amide bonds. The molecule has 0 saturated carbocycles. The fraction of sp³-hybridized carbons (Fsp3) is 0. The second-order valence-corrected chi connectivity index (χ2v) is 4.65. The van der Waals surface area contributed by atoms with Crippen molar-refractivity contribution in [3.8, 4) is 11.5 Å². The van der Waals surface area contributed by atoms with Crippen molar-refractivity contribution in [2.75, 3.05) is 10.6 Å². The van der Waals surface area contributed by atoms with Gasteiger partial charge in [-0.1, -0.05) is 12.1 Å². The molecule has 6 heteroatoms. The minimum atomic E-state index is 0.129. The molecule has 0 aliphatic carbocycles. The summed E-state index contributed by atoms with van der Waals surface area (Å²) in [7, 11) is 0. The third-order valence-electron chi connectivity index (χ3n) is 3.06. The van der Waals surface area contributed by atoms with Gasteiger partial charge in [-0.2, -0.15) is 4.98 Å². The topological polar surface area (TPSA) is 95.5 Å². The van der Waals surface area contributed by atoms with E-state index in [1.54, 1.807) is 53.6 Å². The number of aromatic hydroxyl groups is 2. The van der Waals surface area contributed by atoms with E-state index < -0.39 is 0 Å². The van der Waals surface area contributed by atoms with E-state index in [0.29, 0.717) is 17.2 Å². The molecule has 1 aromatic heterocycles. The van der Waals surface area contributed by atoms with Crippen LogP contribution in [0.15, 0.2) is 60.8 Å². The average Bonchev–Trinajstić information content (AvgIpc) is 2.48. The van der Waals surface area contributed by atoms with Crippen LogP contribution in [0, 0.1) is 0 Å². The highest BCUT2D eigenvalue weighted by Gasteiger charge is 2.15. The van der Waals surface area contributed by atoms with E-state index in [0.717, 1.165) is 0 Å². The van der Waals surface area contributed by atoms with Crippen LogP contribution in [0.4, 0.5) is 23.1 Å². The second-order valence-electron chi connectivity index (χ2n) is 4.65. The first-order valence-electron chi connectivity index (χ1n) is 6.60. The lowest BCUT2D eigenvalue weighted by molar-refractivity contribution is 0.475. The quantitative estimate of drug-likeness (QED) is 0.687. The summed E-state index contributed by atoms with van der Waals surface area (Å²) in [6.45, 7) is 0. The normalized spacial score (nSPS) is 10.4. The summed E-state index contributed by atoms with van der Waals surface area (Å²) < 4.78 is 0. The van der Waals surface area contributed by atoms with Crippen LogP contribution >= 0.6 is 0 Å². The van der Waals surface area contributed by atoms with Crippen LogP contribution in [-0.2, 0) is 0 Å². The standard InChI is InChI=1S/C16H14N4O2/c17-16-18-8-7-15(19-16)20(11-3-1-5-13(21)9-11)12-4-2-6-14(22)10-12/h1-10,21-22H,(H2,17,18,19). The number of benzene rings is 2. The Hall–Kier alpha value is -3.28. The summed E-state index contributed by atoms with van der Waals surface area (Å²) >= 11 is 0. The molecule has 0 radical (unpaired) electrons. The number of hydrogen-bond donors (Lipinski definition) is 3. The van der Waals surface area contributed by atoms with Crippen LogP contribution in [0.5, 0.6) is 11.5 Å². The molecule has 6 nitrogen and oxygen atoms in total. The largest absolute Gasteiger partial charge is 0.508 e. The lowest BCUT2D eigenvalue weighted by atomic mass is 10.2. The third kappa shape index (κ3) is 2.76. The van der Waals surface area contributed by atoms with Gasteiger partial charge in [0.15, 0.2) is 0 Å². The van der Waals surface area contributed by atoms with Crippen molar-refractivity contribution in [1.82, 2.24) is 9.97 Å². The van der Waals surface area contributed by atoms with Crippen LogP contribution in [0.1, 0.15) is 0 Å². The molecular weight excluding hydrogens is 280 g/mol. The number of nitrogen functional groups attached to an aromatic ring is 1. The Kier molecular flexibility index (Phi) is 3.49. The summed E-state index contributed by atoms with van der Waals surface area (Å²) in [5, 5.41) is 19.5. The number of hydrogen-bond acceptors (Lipinski definition) is 6. The predicted octanol–water partition coefficient (Wildman–Crippen LogP) is 2.94. The molecule has 1 heterocycles. The summed E-state index contributed by atoms with van der Waals surface area (Å²) in [5.74, 6) is 0.931. The number of anilines is 4. The van der Waals surface area contributed by atoms with Crippen LogP contribution in [-0.4, -0.2) is 20.2 Å². The lowest BCUT2D eigenvalue weighted by Gasteiger charge is -2.24. The minimum Gasteiger partial charge on any atom is -0.508 e. The zero-order valence-electron chi connectivity index (χ0n) is 11.6. The fourth-order valence-electron chi connectivity index (χ4n) is 2.17. The first-order valence-corrected chi connectivity index (χ1v) is 6.60. The van der Waals surface area contributed by atoms with Gasteiger partial charge >= 0.3 is 0 Å². The monoisotopic (exact) mass is 294 g/mol. The molecular formula is C16H14N4O2. The van der Waals surface area contributed by atoms with Gasteiger partial charge in [0, 0.05) is 18.3 Å². The molecule has 0 aliphatic heterocycles. The van der Waals surface area contributed by atoms with E-state index >= 15 is 0 Å². The van der Waals surface area contributed by atoms with Crippen LogP contribution in [0.2, 0.25) is 0 Å². The fourth-order valence-corrected chi connectivity index (χ4v) is 2.17. The van der Waals surface area contributed by atoms with Gasteiger partial charge in [0.25, 0.3) is 0 Å². The molecule has 0 fully saturated rings. The zero-order valence-corrected chi connectivity index (χ0v) is 11.6. The Balaban J connectivity index is 2.18. The van der Waals surface area contributed by atoms with Crippen molar-refractivity contribution in [1.29, 1.82) is 0 Å². The lowest BCUT2D eigenvalue weighted by Crippen LogP contribution is -2.12. The molecule has 0 spiro atoms. The van der Waals surface area contributed by atoms with Crippen molar-refractivity contribution in [2.45, 2.75) is 0 Å². The smallest absolute Gasteiger partial charge is 0.221 e. The molecule has 22 heavy (non-hydrogen) atoms. The third-order valence-corrected chi connectivity index (χ3v) is 3.06. The SMILES string of the molecule is Nc1nccc(N(c2cccc(O)c2)c2cccc(O)c2)n1. The van der Waals surface area contributed by atoms with E-state index in [4.69, 9.17) is 5.73 Å². The summed E-state index contributed by atoms with van der Waals surface area (Å²) in [5.41, 5.74) is 7.03. The average molecular weight is 294 g/mol. The zero-order chi connectivity index (χ0) is 15.5. The highest BCUT2D eigenvalue weighted by molar-refractivity contribution is 5.75.